The van der Waals surface area contributed by atoms with Crippen molar-refractivity contribution < 1.29 is 17.9 Å². The van der Waals surface area contributed by atoms with Crippen LogP contribution in [0.4, 0.5) is 5.69 Å². The molecule has 0 fully saturated rings. The molecule has 0 bridgehead atoms. The van der Waals surface area contributed by atoms with Gasteiger partial charge in [-0.1, -0.05) is 12.1 Å². The van der Waals surface area contributed by atoms with Crippen LogP contribution < -0.4 is 19.7 Å². The summed E-state index contributed by atoms with van der Waals surface area (Å²) >= 11 is 0. The normalized spacial score (nSPS) is 12.3. The van der Waals surface area contributed by atoms with Crippen LogP contribution in [0.3, 0.4) is 0 Å². The zero-order chi connectivity index (χ0) is 20.0. The van der Waals surface area contributed by atoms with E-state index in [1.54, 1.807) is 12.1 Å². The van der Waals surface area contributed by atoms with Gasteiger partial charge in [0.05, 0.1) is 18.0 Å². The molecule has 0 saturated carbocycles. The zero-order valence-corrected chi connectivity index (χ0v) is 16.7. The first-order valence-electron chi connectivity index (χ1n) is 8.43. The summed E-state index contributed by atoms with van der Waals surface area (Å²) in [4.78, 5) is 14.3. The number of sulfonamides is 1. The molecule has 1 amide bonds. The summed E-state index contributed by atoms with van der Waals surface area (Å²) in [5.74, 6) is 0.156. The minimum absolute atomic E-state index is 0.0715. The third kappa shape index (κ3) is 5.70. The van der Waals surface area contributed by atoms with Gasteiger partial charge in [-0.25, -0.2) is 8.42 Å². The Morgan fingerprint density at radius 2 is 1.67 bits per heavy atom. The molecular formula is C19H25N3O4S. The monoisotopic (exact) mass is 391 g/mol. The lowest BCUT2D eigenvalue weighted by atomic mass is 10.2. The largest absolute Gasteiger partial charge is 0.497 e. The van der Waals surface area contributed by atoms with Crippen LogP contribution in [-0.2, 0) is 21.4 Å². The van der Waals surface area contributed by atoms with Crippen LogP contribution in [0.25, 0.3) is 0 Å². The number of rotatable bonds is 8. The SMILES string of the molecule is COc1ccc(S(=O)(=O)N[C@@H](C)C(=O)NCc2ccc(N(C)C)cc2)cc1. The van der Waals surface area contributed by atoms with Gasteiger partial charge in [-0.3, -0.25) is 4.79 Å². The van der Waals surface area contributed by atoms with Crippen molar-refractivity contribution in [1.29, 1.82) is 0 Å². The fourth-order valence-electron chi connectivity index (χ4n) is 2.36. The van der Waals surface area contributed by atoms with Crippen molar-refractivity contribution in [2.24, 2.45) is 0 Å². The number of hydrogen-bond donors (Lipinski definition) is 2. The molecule has 7 nitrogen and oxygen atoms in total. The van der Waals surface area contributed by atoms with Crippen LogP contribution in [0, 0.1) is 0 Å². The highest BCUT2D eigenvalue weighted by Crippen LogP contribution is 2.16. The van der Waals surface area contributed by atoms with E-state index in [0.717, 1.165) is 11.3 Å². The molecule has 0 heterocycles. The molecule has 27 heavy (non-hydrogen) atoms. The van der Waals surface area contributed by atoms with Crippen molar-refractivity contribution in [3.8, 4) is 5.75 Å². The standard InChI is InChI=1S/C19H25N3O4S/c1-14(21-27(24,25)18-11-9-17(26-4)10-12-18)19(23)20-13-15-5-7-16(8-6-15)22(2)3/h5-12,14,21H,13H2,1-4H3,(H,20,23)/t14-/m0/s1. The fourth-order valence-corrected chi connectivity index (χ4v) is 3.57. The molecule has 0 aromatic heterocycles. The molecule has 2 N–H and O–H groups in total. The molecule has 0 saturated heterocycles. The van der Waals surface area contributed by atoms with Gasteiger partial charge in [0, 0.05) is 26.3 Å². The zero-order valence-electron chi connectivity index (χ0n) is 15.9. The molecule has 0 spiro atoms. The van der Waals surface area contributed by atoms with E-state index in [0.29, 0.717) is 12.3 Å². The van der Waals surface area contributed by atoms with Gasteiger partial charge < -0.3 is 15.0 Å². The molecule has 1 atom stereocenters. The van der Waals surface area contributed by atoms with Crippen LogP contribution in [0.15, 0.2) is 53.4 Å². The third-order valence-corrected chi connectivity index (χ3v) is 5.57. The van der Waals surface area contributed by atoms with E-state index in [-0.39, 0.29) is 4.90 Å². The number of methoxy groups -OCH3 is 1. The lowest BCUT2D eigenvalue weighted by Crippen LogP contribution is -2.44. The highest BCUT2D eigenvalue weighted by atomic mass is 32.2. The molecule has 0 aliphatic heterocycles. The smallest absolute Gasteiger partial charge is 0.241 e. The van der Waals surface area contributed by atoms with Crippen LogP contribution in [0.2, 0.25) is 0 Å². The second kappa shape index (κ2) is 8.88. The summed E-state index contributed by atoms with van der Waals surface area (Å²) < 4.78 is 32.2. The van der Waals surface area contributed by atoms with E-state index in [1.165, 1.54) is 26.2 Å². The van der Waals surface area contributed by atoms with Crippen molar-refractivity contribution in [2.45, 2.75) is 24.4 Å². The average Bonchev–Trinajstić information content (AvgIpc) is 2.66. The maximum atomic E-state index is 12.4. The van der Waals surface area contributed by atoms with Gasteiger partial charge >= 0.3 is 0 Å². The molecule has 2 aromatic carbocycles. The van der Waals surface area contributed by atoms with E-state index in [1.807, 2.05) is 43.3 Å². The summed E-state index contributed by atoms with van der Waals surface area (Å²) in [7, 11) is 1.61. The quantitative estimate of drug-likeness (QED) is 0.716. The highest BCUT2D eigenvalue weighted by molar-refractivity contribution is 7.89. The number of ether oxygens (including phenoxy) is 1. The first kappa shape index (κ1) is 20.7. The Bertz CT molecular complexity index is 863. The molecule has 0 radical (unpaired) electrons. The number of anilines is 1. The first-order valence-corrected chi connectivity index (χ1v) is 9.91. The van der Waals surface area contributed by atoms with E-state index in [4.69, 9.17) is 4.74 Å². The summed E-state index contributed by atoms with van der Waals surface area (Å²) in [6, 6.07) is 12.8. The second-order valence-corrected chi connectivity index (χ2v) is 8.01. The lowest BCUT2D eigenvalue weighted by molar-refractivity contribution is -0.122. The van der Waals surface area contributed by atoms with Crippen LogP contribution >= 0.6 is 0 Å². The number of nitrogens with one attached hydrogen (secondary N) is 2. The Balaban J connectivity index is 1.93. The number of carbonyl (C=O) groups excluding carboxylic acids is 1. The van der Waals surface area contributed by atoms with Crippen LogP contribution in [-0.4, -0.2) is 41.6 Å². The van der Waals surface area contributed by atoms with Crippen molar-refractivity contribution in [3.63, 3.8) is 0 Å². The first-order chi connectivity index (χ1) is 12.7. The van der Waals surface area contributed by atoms with E-state index in [2.05, 4.69) is 10.0 Å². The molecule has 146 valence electrons. The summed E-state index contributed by atoms with van der Waals surface area (Å²) in [5, 5.41) is 2.74. The van der Waals surface area contributed by atoms with Gasteiger partial charge in [-0.15, -0.1) is 0 Å². The van der Waals surface area contributed by atoms with Crippen molar-refractivity contribution >= 4 is 21.6 Å². The van der Waals surface area contributed by atoms with Crippen molar-refractivity contribution in [3.05, 3.63) is 54.1 Å². The molecule has 0 aliphatic rings. The molecular weight excluding hydrogens is 366 g/mol. The Kier molecular flexibility index (Phi) is 6.81. The lowest BCUT2D eigenvalue weighted by Gasteiger charge is -2.15. The summed E-state index contributed by atoms with van der Waals surface area (Å²) in [6.07, 6.45) is 0. The van der Waals surface area contributed by atoms with E-state index < -0.39 is 22.0 Å². The predicted molar refractivity (Wildman–Crippen MR) is 105 cm³/mol. The Morgan fingerprint density at radius 1 is 1.07 bits per heavy atom. The highest BCUT2D eigenvalue weighted by Gasteiger charge is 2.21. The fraction of sp³-hybridized carbons (Fsp3) is 0.316. The second-order valence-electron chi connectivity index (χ2n) is 6.30. The summed E-state index contributed by atoms with van der Waals surface area (Å²) in [5.41, 5.74) is 1.99. The average molecular weight is 391 g/mol. The maximum Gasteiger partial charge on any atom is 0.241 e. The molecule has 2 aromatic rings. The Labute approximate surface area is 160 Å². The predicted octanol–water partition coefficient (Wildman–Crippen LogP) is 1.74. The van der Waals surface area contributed by atoms with Gasteiger partial charge in [0.1, 0.15) is 5.75 Å². The van der Waals surface area contributed by atoms with Crippen molar-refractivity contribution in [1.82, 2.24) is 10.0 Å². The number of amides is 1. The minimum Gasteiger partial charge on any atom is -0.497 e. The van der Waals surface area contributed by atoms with Crippen LogP contribution in [0.5, 0.6) is 5.75 Å². The van der Waals surface area contributed by atoms with Gasteiger partial charge in [0.15, 0.2) is 0 Å². The summed E-state index contributed by atoms with van der Waals surface area (Å²) in [6.45, 7) is 1.83. The van der Waals surface area contributed by atoms with Gasteiger partial charge in [0.2, 0.25) is 15.9 Å². The van der Waals surface area contributed by atoms with Crippen LogP contribution in [0.1, 0.15) is 12.5 Å². The number of carbonyl (C=O) groups is 1. The number of hydrogen-bond acceptors (Lipinski definition) is 5. The van der Waals surface area contributed by atoms with Gasteiger partial charge in [-0.2, -0.15) is 4.72 Å². The molecule has 8 heteroatoms. The van der Waals surface area contributed by atoms with E-state index in [9.17, 15) is 13.2 Å². The van der Waals surface area contributed by atoms with Gasteiger partial charge in [0.25, 0.3) is 0 Å². The maximum absolute atomic E-state index is 12.4. The molecule has 0 unspecified atom stereocenters. The number of benzene rings is 2. The Morgan fingerprint density at radius 3 is 2.19 bits per heavy atom. The number of nitrogens with zero attached hydrogens (tertiary/aromatic N) is 1. The van der Waals surface area contributed by atoms with E-state index >= 15 is 0 Å². The molecule has 2 rings (SSSR count). The Hall–Kier alpha value is -2.58. The van der Waals surface area contributed by atoms with Crippen molar-refractivity contribution in [2.75, 3.05) is 26.1 Å². The topological polar surface area (TPSA) is 87.7 Å². The molecule has 0 aliphatic carbocycles. The minimum atomic E-state index is -3.80. The van der Waals surface area contributed by atoms with Gasteiger partial charge in [-0.05, 0) is 48.9 Å². The third-order valence-electron chi connectivity index (χ3n) is 4.01.